The van der Waals surface area contributed by atoms with Crippen LogP contribution in [0.1, 0.15) is 30.0 Å². The molecule has 178 valence electrons. The molecule has 4 rings (SSSR count). The Morgan fingerprint density at radius 3 is 1.88 bits per heavy atom. The third-order valence-corrected chi connectivity index (χ3v) is 6.25. The van der Waals surface area contributed by atoms with E-state index in [0.717, 1.165) is 23.0 Å². The van der Waals surface area contributed by atoms with Gasteiger partial charge in [-0.25, -0.2) is 0 Å². The summed E-state index contributed by atoms with van der Waals surface area (Å²) in [5.41, 5.74) is 2.40. The van der Waals surface area contributed by atoms with Gasteiger partial charge in [0.25, 0.3) is 0 Å². The largest absolute Gasteiger partial charge is 0.374 e. The van der Waals surface area contributed by atoms with Crippen LogP contribution < -0.4 is 0 Å². The Kier molecular flexibility index (Phi) is 8.61. The number of carbonyl (C=O) groups excluding carboxylic acids is 1. The number of benzene rings is 3. The monoisotopic (exact) mass is 460 g/mol. The molecule has 1 saturated heterocycles. The van der Waals surface area contributed by atoms with E-state index < -0.39 is 17.8 Å². The van der Waals surface area contributed by atoms with Gasteiger partial charge in [0.2, 0.25) is 0 Å². The van der Waals surface area contributed by atoms with Crippen LogP contribution in [-0.4, -0.2) is 36.8 Å². The summed E-state index contributed by atoms with van der Waals surface area (Å²) in [6.07, 6.45) is -0.0860. The summed E-state index contributed by atoms with van der Waals surface area (Å²) in [5, 5.41) is 0. The highest BCUT2D eigenvalue weighted by molar-refractivity contribution is 5.51. The number of hydrogen-bond donors (Lipinski definition) is 0. The number of rotatable bonds is 12. The lowest BCUT2D eigenvalue weighted by Crippen LogP contribution is -2.50. The number of ether oxygens (including phenoxy) is 4. The minimum absolute atomic E-state index is 0.228. The molecule has 1 aliphatic rings. The van der Waals surface area contributed by atoms with Crippen molar-refractivity contribution in [3.05, 3.63) is 108 Å². The highest BCUT2D eigenvalue weighted by Gasteiger charge is 2.55. The smallest absolute Gasteiger partial charge is 0.122 e. The van der Waals surface area contributed by atoms with Crippen LogP contribution in [0.4, 0.5) is 0 Å². The van der Waals surface area contributed by atoms with Crippen molar-refractivity contribution in [3.8, 4) is 0 Å². The molecule has 0 aliphatic carbocycles. The third kappa shape index (κ3) is 6.19. The van der Waals surface area contributed by atoms with Gasteiger partial charge in [-0.05, 0) is 23.6 Å². The predicted octanol–water partition coefficient (Wildman–Crippen LogP) is 5.12. The van der Waals surface area contributed by atoms with Gasteiger partial charge in [0.15, 0.2) is 0 Å². The Morgan fingerprint density at radius 2 is 1.32 bits per heavy atom. The van der Waals surface area contributed by atoms with Crippen LogP contribution in [0.5, 0.6) is 0 Å². The van der Waals surface area contributed by atoms with Crippen molar-refractivity contribution < 1.29 is 23.7 Å². The first-order valence-electron chi connectivity index (χ1n) is 11.7. The zero-order valence-corrected chi connectivity index (χ0v) is 19.5. The van der Waals surface area contributed by atoms with Gasteiger partial charge in [0, 0.05) is 6.42 Å². The molecular weight excluding hydrogens is 428 g/mol. The van der Waals surface area contributed by atoms with Crippen LogP contribution in [0.3, 0.4) is 0 Å². The fraction of sp³-hybridized carbons (Fsp3) is 0.345. The second-order valence-electron chi connectivity index (χ2n) is 8.74. The number of carbonyl (C=O) groups is 1. The average Bonchev–Trinajstić information content (AvgIpc) is 3.14. The van der Waals surface area contributed by atoms with Gasteiger partial charge in [-0.2, -0.15) is 0 Å². The van der Waals surface area contributed by atoms with Crippen LogP contribution in [0, 0.1) is 0 Å². The highest BCUT2D eigenvalue weighted by atomic mass is 16.6. The average molecular weight is 461 g/mol. The second-order valence-corrected chi connectivity index (χ2v) is 8.74. The molecule has 1 fully saturated rings. The van der Waals surface area contributed by atoms with Gasteiger partial charge in [-0.3, -0.25) is 0 Å². The lowest BCUT2D eigenvalue weighted by Gasteiger charge is -2.35. The molecule has 3 aromatic rings. The lowest BCUT2D eigenvalue weighted by atomic mass is 9.90. The van der Waals surface area contributed by atoms with E-state index in [1.807, 2.05) is 97.9 Å². The third-order valence-electron chi connectivity index (χ3n) is 6.25. The topological polar surface area (TPSA) is 54.0 Å². The van der Waals surface area contributed by atoms with Gasteiger partial charge in [0.05, 0.1) is 32.5 Å². The SMILES string of the molecule is C[C@]1(OCc2ccccc2)C(CC=O)O[C@H](COCc2ccccc2)[C@H]1OCc1ccccc1. The molecule has 0 saturated carbocycles. The van der Waals surface area contributed by atoms with E-state index in [4.69, 9.17) is 18.9 Å². The van der Waals surface area contributed by atoms with E-state index in [2.05, 4.69) is 0 Å². The molecule has 0 spiro atoms. The zero-order chi connectivity index (χ0) is 23.6. The molecule has 0 amide bonds. The molecule has 0 bridgehead atoms. The van der Waals surface area contributed by atoms with E-state index in [1.54, 1.807) is 0 Å². The van der Waals surface area contributed by atoms with E-state index >= 15 is 0 Å². The first-order valence-corrected chi connectivity index (χ1v) is 11.7. The first-order chi connectivity index (χ1) is 16.7. The summed E-state index contributed by atoms with van der Waals surface area (Å²) in [4.78, 5) is 11.5. The van der Waals surface area contributed by atoms with Gasteiger partial charge < -0.3 is 23.7 Å². The quantitative estimate of drug-likeness (QED) is 0.351. The fourth-order valence-corrected chi connectivity index (χ4v) is 4.36. The summed E-state index contributed by atoms with van der Waals surface area (Å²) < 4.78 is 25.3. The van der Waals surface area contributed by atoms with E-state index in [9.17, 15) is 4.79 Å². The summed E-state index contributed by atoms with van der Waals surface area (Å²) >= 11 is 0. The Morgan fingerprint density at radius 1 is 0.794 bits per heavy atom. The van der Waals surface area contributed by atoms with E-state index in [0.29, 0.717) is 26.4 Å². The Hall–Kier alpha value is -2.83. The minimum atomic E-state index is -0.813. The van der Waals surface area contributed by atoms with E-state index in [-0.39, 0.29) is 12.5 Å². The van der Waals surface area contributed by atoms with Crippen molar-refractivity contribution >= 4 is 6.29 Å². The van der Waals surface area contributed by atoms with Crippen molar-refractivity contribution in [1.29, 1.82) is 0 Å². The van der Waals surface area contributed by atoms with E-state index in [1.165, 1.54) is 0 Å². The Labute approximate surface area is 201 Å². The molecule has 0 radical (unpaired) electrons. The van der Waals surface area contributed by atoms with Gasteiger partial charge in [0.1, 0.15) is 24.1 Å². The maximum absolute atomic E-state index is 11.5. The van der Waals surface area contributed by atoms with Gasteiger partial charge >= 0.3 is 0 Å². The fourth-order valence-electron chi connectivity index (χ4n) is 4.36. The first kappa shape index (κ1) is 24.3. The van der Waals surface area contributed by atoms with Crippen LogP contribution in [0.2, 0.25) is 0 Å². The van der Waals surface area contributed by atoms with Crippen LogP contribution in [0.15, 0.2) is 91.0 Å². The maximum atomic E-state index is 11.5. The standard InChI is InChI=1S/C29H32O5/c1-29(33-21-25-15-9-4-10-16-25)27(17-18-30)34-26(22-31-19-23-11-5-2-6-12-23)28(29)32-20-24-13-7-3-8-14-24/h2-16,18,26-28H,17,19-22H2,1H3/t26-,27?,28-,29+/m1/s1. The molecule has 0 aromatic heterocycles. The van der Waals surface area contributed by atoms with Crippen LogP contribution in [0.25, 0.3) is 0 Å². The highest BCUT2D eigenvalue weighted by Crippen LogP contribution is 2.39. The second kappa shape index (κ2) is 12.0. The molecule has 3 aromatic carbocycles. The molecule has 1 unspecified atom stereocenters. The Balaban J connectivity index is 1.50. The number of aldehydes is 1. The number of hydrogen-bond acceptors (Lipinski definition) is 5. The lowest BCUT2D eigenvalue weighted by molar-refractivity contribution is -0.148. The Bertz CT molecular complexity index is 995. The minimum Gasteiger partial charge on any atom is -0.374 e. The maximum Gasteiger partial charge on any atom is 0.122 e. The molecule has 4 atom stereocenters. The molecule has 5 heteroatoms. The van der Waals surface area contributed by atoms with Crippen molar-refractivity contribution in [2.75, 3.05) is 6.61 Å². The molecule has 34 heavy (non-hydrogen) atoms. The van der Waals surface area contributed by atoms with Crippen LogP contribution in [-0.2, 0) is 43.6 Å². The predicted molar refractivity (Wildman–Crippen MR) is 130 cm³/mol. The van der Waals surface area contributed by atoms with Crippen molar-refractivity contribution in [3.63, 3.8) is 0 Å². The summed E-state index contributed by atoms with van der Waals surface area (Å²) in [6, 6.07) is 30.0. The van der Waals surface area contributed by atoms with Gasteiger partial charge in [-0.15, -0.1) is 0 Å². The molecule has 1 heterocycles. The molecule has 1 aliphatic heterocycles. The molecular formula is C29H32O5. The van der Waals surface area contributed by atoms with Crippen molar-refractivity contribution in [1.82, 2.24) is 0 Å². The summed E-state index contributed by atoms with van der Waals surface area (Å²) in [7, 11) is 0. The summed E-state index contributed by atoms with van der Waals surface area (Å²) in [5.74, 6) is 0. The molecule has 0 N–H and O–H groups in total. The van der Waals surface area contributed by atoms with Crippen molar-refractivity contribution in [2.24, 2.45) is 0 Å². The van der Waals surface area contributed by atoms with Gasteiger partial charge in [-0.1, -0.05) is 91.0 Å². The van der Waals surface area contributed by atoms with Crippen molar-refractivity contribution in [2.45, 2.75) is 57.1 Å². The van der Waals surface area contributed by atoms with Crippen LogP contribution >= 0.6 is 0 Å². The normalized spacial score (nSPS) is 24.2. The molecule has 5 nitrogen and oxygen atoms in total. The summed E-state index contributed by atoms with van der Waals surface area (Å²) in [6.45, 7) is 3.62. The zero-order valence-electron chi connectivity index (χ0n) is 19.5.